The molecule has 0 amide bonds. The number of nitrogens with one attached hydrogen (secondary N) is 1. The first-order valence-electron chi connectivity index (χ1n) is 9.66. The van der Waals surface area contributed by atoms with Gasteiger partial charge in [0.1, 0.15) is 0 Å². The van der Waals surface area contributed by atoms with E-state index >= 15 is 0 Å². The molecule has 1 N–H and O–H groups in total. The zero-order valence-electron chi connectivity index (χ0n) is 15.1. The lowest BCUT2D eigenvalue weighted by Gasteiger charge is -2.17. The molecule has 0 aromatic carbocycles. The van der Waals surface area contributed by atoms with Gasteiger partial charge in [-0.25, -0.2) is 0 Å². The second kappa shape index (κ2) is 18.4. The van der Waals surface area contributed by atoms with Gasteiger partial charge in [-0.3, -0.25) is 0 Å². The lowest BCUT2D eigenvalue weighted by Crippen LogP contribution is -2.31. The van der Waals surface area contributed by atoms with Crippen LogP contribution in [0.2, 0.25) is 0 Å². The Morgan fingerprint density at radius 1 is 0.714 bits per heavy atom. The topological polar surface area (TPSA) is 12.0 Å². The van der Waals surface area contributed by atoms with Crippen molar-refractivity contribution in [2.75, 3.05) is 18.1 Å². The molecule has 0 aliphatic carbocycles. The summed E-state index contributed by atoms with van der Waals surface area (Å²) in [5.41, 5.74) is 0. The molecule has 128 valence electrons. The highest BCUT2D eigenvalue weighted by Crippen LogP contribution is 2.14. The third-order valence-electron chi connectivity index (χ3n) is 4.07. The summed E-state index contributed by atoms with van der Waals surface area (Å²) in [7, 11) is 0. The Morgan fingerprint density at radius 3 is 1.81 bits per heavy atom. The molecule has 0 radical (unpaired) electrons. The van der Waals surface area contributed by atoms with Crippen LogP contribution in [0.25, 0.3) is 0 Å². The van der Waals surface area contributed by atoms with Crippen molar-refractivity contribution in [1.29, 1.82) is 0 Å². The average molecular weight is 316 g/mol. The highest BCUT2D eigenvalue weighted by Gasteiger charge is 2.06. The maximum absolute atomic E-state index is 3.65. The minimum absolute atomic E-state index is 0.751. The van der Waals surface area contributed by atoms with E-state index in [1.807, 2.05) is 0 Å². The van der Waals surface area contributed by atoms with Crippen molar-refractivity contribution in [3.8, 4) is 0 Å². The SMILES string of the molecule is CCCCCCCCCCCCC(CSCCC)NCC. The van der Waals surface area contributed by atoms with E-state index in [0.717, 1.165) is 12.6 Å². The van der Waals surface area contributed by atoms with Crippen molar-refractivity contribution in [3.63, 3.8) is 0 Å². The van der Waals surface area contributed by atoms with Crippen LogP contribution in [-0.2, 0) is 0 Å². The molecule has 0 fully saturated rings. The molecule has 2 heteroatoms. The Morgan fingerprint density at radius 2 is 1.29 bits per heavy atom. The van der Waals surface area contributed by atoms with Crippen molar-refractivity contribution < 1.29 is 0 Å². The Labute approximate surface area is 139 Å². The van der Waals surface area contributed by atoms with Gasteiger partial charge in [-0.2, -0.15) is 11.8 Å². The summed E-state index contributed by atoms with van der Waals surface area (Å²) in [6.07, 6.45) is 17.1. The molecule has 0 aromatic heterocycles. The lowest BCUT2D eigenvalue weighted by molar-refractivity contribution is 0.489. The first-order valence-corrected chi connectivity index (χ1v) is 10.8. The summed E-state index contributed by atoms with van der Waals surface area (Å²) >= 11 is 2.12. The van der Waals surface area contributed by atoms with Gasteiger partial charge in [0.25, 0.3) is 0 Å². The van der Waals surface area contributed by atoms with Crippen molar-refractivity contribution in [2.45, 2.75) is 104 Å². The Bertz CT molecular complexity index is 184. The van der Waals surface area contributed by atoms with Gasteiger partial charge in [-0.1, -0.05) is 85.0 Å². The minimum atomic E-state index is 0.751. The lowest BCUT2D eigenvalue weighted by atomic mass is 10.0. The Kier molecular flexibility index (Phi) is 18.6. The van der Waals surface area contributed by atoms with E-state index in [0.29, 0.717) is 0 Å². The molecular weight excluding hydrogens is 274 g/mol. The number of thioether (sulfide) groups is 1. The van der Waals surface area contributed by atoms with Crippen LogP contribution in [0.1, 0.15) is 97.8 Å². The summed E-state index contributed by atoms with van der Waals surface area (Å²) in [6.45, 7) is 7.92. The fraction of sp³-hybridized carbons (Fsp3) is 1.00. The molecule has 0 spiro atoms. The third kappa shape index (κ3) is 16.5. The summed E-state index contributed by atoms with van der Waals surface area (Å²) in [5.74, 6) is 2.62. The van der Waals surface area contributed by atoms with E-state index < -0.39 is 0 Å². The van der Waals surface area contributed by atoms with Crippen LogP contribution >= 0.6 is 11.8 Å². The molecule has 1 atom stereocenters. The molecule has 21 heavy (non-hydrogen) atoms. The molecule has 0 rings (SSSR count). The molecule has 1 nitrogen and oxygen atoms in total. The zero-order valence-corrected chi connectivity index (χ0v) is 15.9. The molecule has 0 aliphatic heterocycles. The molecule has 0 saturated heterocycles. The quantitative estimate of drug-likeness (QED) is 0.311. The van der Waals surface area contributed by atoms with Crippen LogP contribution in [0, 0.1) is 0 Å². The monoisotopic (exact) mass is 315 g/mol. The van der Waals surface area contributed by atoms with Crippen LogP contribution in [0.3, 0.4) is 0 Å². The van der Waals surface area contributed by atoms with Gasteiger partial charge >= 0.3 is 0 Å². The molecule has 0 saturated carbocycles. The van der Waals surface area contributed by atoms with Gasteiger partial charge in [-0.05, 0) is 25.1 Å². The molecule has 0 bridgehead atoms. The predicted octanol–water partition coefficient (Wildman–Crippen LogP) is 6.42. The van der Waals surface area contributed by atoms with Gasteiger partial charge in [0.05, 0.1) is 0 Å². The maximum atomic E-state index is 3.65. The average Bonchev–Trinajstić information content (AvgIpc) is 2.49. The zero-order chi connectivity index (χ0) is 15.6. The second-order valence-electron chi connectivity index (χ2n) is 6.30. The minimum Gasteiger partial charge on any atom is -0.313 e. The van der Waals surface area contributed by atoms with Crippen LogP contribution in [0.15, 0.2) is 0 Å². The molecule has 1 unspecified atom stereocenters. The van der Waals surface area contributed by atoms with Gasteiger partial charge < -0.3 is 5.32 Å². The fourth-order valence-electron chi connectivity index (χ4n) is 2.78. The van der Waals surface area contributed by atoms with E-state index in [1.54, 1.807) is 0 Å². The summed E-state index contributed by atoms with van der Waals surface area (Å²) in [4.78, 5) is 0. The van der Waals surface area contributed by atoms with E-state index in [9.17, 15) is 0 Å². The van der Waals surface area contributed by atoms with E-state index in [4.69, 9.17) is 0 Å². The number of hydrogen-bond donors (Lipinski definition) is 1. The second-order valence-corrected chi connectivity index (χ2v) is 7.45. The first-order chi connectivity index (χ1) is 10.3. The van der Waals surface area contributed by atoms with Crippen LogP contribution in [0.5, 0.6) is 0 Å². The largest absolute Gasteiger partial charge is 0.313 e. The third-order valence-corrected chi connectivity index (χ3v) is 5.40. The Hall–Kier alpha value is 0.310. The van der Waals surface area contributed by atoms with E-state index in [-0.39, 0.29) is 0 Å². The number of hydrogen-bond acceptors (Lipinski definition) is 2. The Balaban J connectivity index is 3.32. The van der Waals surface area contributed by atoms with Gasteiger partial charge in [0.15, 0.2) is 0 Å². The maximum Gasteiger partial charge on any atom is 0.0158 e. The van der Waals surface area contributed by atoms with Crippen LogP contribution in [0.4, 0.5) is 0 Å². The van der Waals surface area contributed by atoms with E-state index in [2.05, 4.69) is 37.8 Å². The summed E-state index contributed by atoms with van der Waals surface area (Å²) in [5, 5.41) is 3.65. The summed E-state index contributed by atoms with van der Waals surface area (Å²) < 4.78 is 0. The normalized spacial score (nSPS) is 12.7. The standard InChI is InChI=1S/C19H41NS/c1-4-7-8-9-10-11-12-13-14-15-16-19(20-6-3)18-21-17-5-2/h19-20H,4-18H2,1-3H3. The highest BCUT2D eigenvalue weighted by molar-refractivity contribution is 7.99. The molecule has 0 heterocycles. The van der Waals surface area contributed by atoms with Gasteiger partial charge in [-0.15, -0.1) is 0 Å². The van der Waals surface area contributed by atoms with E-state index in [1.165, 1.54) is 88.6 Å². The smallest absolute Gasteiger partial charge is 0.0158 e. The fourth-order valence-corrected chi connectivity index (χ4v) is 3.81. The molecular formula is C19H41NS. The molecule has 0 aromatic rings. The van der Waals surface area contributed by atoms with Crippen LogP contribution < -0.4 is 5.32 Å². The van der Waals surface area contributed by atoms with Crippen molar-refractivity contribution in [3.05, 3.63) is 0 Å². The number of unbranched alkanes of at least 4 members (excludes halogenated alkanes) is 9. The number of rotatable bonds is 17. The highest BCUT2D eigenvalue weighted by atomic mass is 32.2. The molecule has 0 aliphatic rings. The van der Waals surface area contributed by atoms with Gasteiger partial charge in [0.2, 0.25) is 0 Å². The van der Waals surface area contributed by atoms with Gasteiger partial charge in [0, 0.05) is 11.8 Å². The summed E-state index contributed by atoms with van der Waals surface area (Å²) in [6, 6.07) is 0.751. The van der Waals surface area contributed by atoms with Crippen LogP contribution in [-0.4, -0.2) is 24.1 Å². The van der Waals surface area contributed by atoms with Crippen molar-refractivity contribution in [1.82, 2.24) is 5.32 Å². The van der Waals surface area contributed by atoms with Crippen molar-refractivity contribution >= 4 is 11.8 Å². The first kappa shape index (κ1) is 21.3. The van der Waals surface area contributed by atoms with Crippen molar-refractivity contribution in [2.24, 2.45) is 0 Å². The predicted molar refractivity (Wildman–Crippen MR) is 102 cm³/mol.